The average Bonchev–Trinajstić information content (AvgIpc) is 2.44. The Morgan fingerprint density at radius 1 is 1.30 bits per heavy atom. The van der Waals surface area contributed by atoms with Crippen molar-refractivity contribution in [3.8, 4) is 11.6 Å². The smallest absolute Gasteiger partial charge is 0.213 e. The van der Waals surface area contributed by atoms with E-state index in [-0.39, 0.29) is 12.2 Å². The molecule has 5 heteroatoms. The Balaban J connectivity index is 2.05. The van der Waals surface area contributed by atoms with Gasteiger partial charge in [0.1, 0.15) is 11.6 Å². The van der Waals surface area contributed by atoms with Crippen LogP contribution in [-0.2, 0) is 0 Å². The molecule has 0 bridgehead atoms. The maximum Gasteiger partial charge on any atom is 0.213 e. The topological polar surface area (TPSA) is 48.4 Å². The van der Waals surface area contributed by atoms with Crippen LogP contribution in [0.2, 0.25) is 0 Å². The number of methoxy groups -OCH3 is 1. The molecule has 0 saturated heterocycles. The minimum atomic E-state index is -0.629. The number of ether oxygens (including phenoxy) is 2. The summed E-state index contributed by atoms with van der Waals surface area (Å²) >= 11 is 0. The van der Waals surface area contributed by atoms with E-state index in [1.54, 1.807) is 12.1 Å². The van der Waals surface area contributed by atoms with Gasteiger partial charge >= 0.3 is 0 Å². The largest absolute Gasteiger partial charge is 0.497 e. The van der Waals surface area contributed by atoms with Gasteiger partial charge in [0, 0.05) is 17.8 Å². The third-order valence-corrected chi connectivity index (χ3v) is 2.69. The molecular formula is C15H14FNO3. The highest BCUT2D eigenvalue weighted by molar-refractivity contribution is 5.97. The van der Waals surface area contributed by atoms with Crippen molar-refractivity contribution >= 4 is 5.78 Å². The van der Waals surface area contributed by atoms with Crippen molar-refractivity contribution in [1.82, 2.24) is 4.98 Å². The first kappa shape index (κ1) is 14.0. The molecule has 1 aromatic heterocycles. The summed E-state index contributed by atoms with van der Waals surface area (Å²) in [5.41, 5.74) is 0.754. The SMILES string of the molecule is COc1ccc(C(=O)COc2cccc(C)n2)c(F)c1. The van der Waals surface area contributed by atoms with Crippen LogP contribution in [0.25, 0.3) is 0 Å². The molecule has 2 aromatic rings. The highest BCUT2D eigenvalue weighted by Crippen LogP contribution is 2.17. The van der Waals surface area contributed by atoms with Gasteiger partial charge in [0.2, 0.25) is 11.7 Å². The fraction of sp³-hybridized carbons (Fsp3) is 0.200. The van der Waals surface area contributed by atoms with Crippen molar-refractivity contribution in [3.63, 3.8) is 0 Å². The van der Waals surface area contributed by atoms with Gasteiger partial charge in [-0.25, -0.2) is 9.37 Å². The number of ketones is 1. The fourth-order valence-electron chi connectivity index (χ4n) is 1.66. The van der Waals surface area contributed by atoms with Crippen molar-refractivity contribution in [2.75, 3.05) is 13.7 Å². The lowest BCUT2D eigenvalue weighted by molar-refractivity contribution is 0.0914. The van der Waals surface area contributed by atoms with E-state index >= 15 is 0 Å². The first-order valence-electron chi connectivity index (χ1n) is 6.03. The van der Waals surface area contributed by atoms with Crippen LogP contribution in [0, 0.1) is 12.7 Å². The van der Waals surface area contributed by atoms with E-state index < -0.39 is 11.6 Å². The zero-order valence-electron chi connectivity index (χ0n) is 11.2. The second kappa shape index (κ2) is 6.14. The molecule has 104 valence electrons. The number of benzene rings is 1. The standard InChI is InChI=1S/C15H14FNO3/c1-10-4-3-5-15(17-10)20-9-14(18)12-7-6-11(19-2)8-13(12)16/h3-8H,9H2,1-2H3. The van der Waals surface area contributed by atoms with Gasteiger partial charge in [0.25, 0.3) is 0 Å². The molecule has 2 rings (SSSR count). The minimum Gasteiger partial charge on any atom is -0.497 e. The molecule has 0 spiro atoms. The van der Waals surface area contributed by atoms with Crippen LogP contribution >= 0.6 is 0 Å². The molecule has 0 radical (unpaired) electrons. The van der Waals surface area contributed by atoms with Crippen molar-refractivity contribution in [1.29, 1.82) is 0 Å². The van der Waals surface area contributed by atoms with Crippen molar-refractivity contribution in [2.24, 2.45) is 0 Å². The van der Waals surface area contributed by atoms with E-state index in [1.165, 1.54) is 19.2 Å². The number of rotatable bonds is 5. The molecule has 0 aliphatic heterocycles. The van der Waals surface area contributed by atoms with Crippen LogP contribution in [0.1, 0.15) is 16.1 Å². The highest BCUT2D eigenvalue weighted by Gasteiger charge is 2.13. The van der Waals surface area contributed by atoms with Gasteiger partial charge in [-0.1, -0.05) is 6.07 Å². The van der Waals surface area contributed by atoms with Gasteiger partial charge in [0.15, 0.2) is 6.61 Å². The Morgan fingerprint density at radius 2 is 2.10 bits per heavy atom. The molecule has 0 N–H and O–H groups in total. The molecule has 1 aromatic carbocycles. The number of Topliss-reactive ketones (excluding diaryl/α,β-unsaturated/α-hetero) is 1. The van der Waals surface area contributed by atoms with Crippen molar-refractivity contribution in [3.05, 3.63) is 53.5 Å². The Kier molecular flexibility index (Phi) is 4.30. The fourth-order valence-corrected chi connectivity index (χ4v) is 1.66. The zero-order valence-corrected chi connectivity index (χ0v) is 11.2. The first-order valence-corrected chi connectivity index (χ1v) is 6.03. The van der Waals surface area contributed by atoms with E-state index in [0.29, 0.717) is 11.6 Å². The van der Waals surface area contributed by atoms with Gasteiger partial charge in [-0.15, -0.1) is 0 Å². The maximum absolute atomic E-state index is 13.7. The van der Waals surface area contributed by atoms with Gasteiger partial charge in [0.05, 0.1) is 12.7 Å². The summed E-state index contributed by atoms with van der Waals surface area (Å²) in [5, 5.41) is 0. The van der Waals surface area contributed by atoms with Crippen molar-refractivity contribution in [2.45, 2.75) is 6.92 Å². The third kappa shape index (κ3) is 3.32. The van der Waals surface area contributed by atoms with Crippen LogP contribution < -0.4 is 9.47 Å². The predicted octanol–water partition coefficient (Wildman–Crippen LogP) is 2.80. The van der Waals surface area contributed by atoms with E-state index in [1.807, 2.05) is 13.0 Å². The van der Waals surface area contributed by atoms with Crippen molar-refractivity contribution < 1.29 is 18.7 Å². The molecule has 0 aliphatic rings. The number of hydrogen-bond donors (Lipinski definition) is 0. The number of pyridine rings is 1. The molecule has 20 heavy (non-hydrogen) atoms. The summed E-state index contributed by atoms with van der Waals surface area (Å²) in [4.78, 5) is 16.0. The number of hydrogen-bond acceptors (Lipinski definition) is 4. The molecular weight excluding hydrogens is 261 g/mol. The molecule has 0 atom stereocenters. The first-order chi connectivity index (χ1) is 9.60. The molecule has 0 saturated carbocycles. The Hall–Kier alpha value is -2.43. The van der Waals surface area contributed by atoms with Crippen LogP contribution in [0.3, 0.4) is 0 Å². The summed E-state index contributed by atoms with van der Waals surface area (Å²) in [6.07, 6.45) is 0. The summed E-state index contributed by atoms with van der Waals surface area (Å²) in [7, 11) is 1.43. The van der Waals surface area contributed by atoms with Gasteiger partial charge < -0.3 is 9.47 Å². The second-order valence-electron chi connectivity index (χ2n) is 4.17. The Morgan fingerprint density at radius 3 is 2.75 bits per heavy atom. The van der Waals surface area contributed by atoms with Crippen LogP contribution in [0.15, 0.2) is 36.4 Å². The second-order valence-corrected chi connectivity index (χ2v) is 4.17. The van der Waals surface area contributed by atoms with Crippen LogP contribution in [-0.4, -0.2) is 24.5 Å². The number of halogens is 1. The van der Waals surface area contributed by atoms with Gasteiger partial charge in [-0.2, -0.15) is 0 Å². The molecule has 1 heterocycles. The summed E-state index contributed by atoms with van der Waals surface area (Å²) in [6, 6.07) is 9.31. The zero-order chi connectivity index (χ0) is 14.5. The molecule has 4 nitrogen and oxygen atoms in total. The number of nitrogens with zero attached hydrogens (tertiary/aromatic N) is 1. The Bertz CT molecular complexity index is 628. The quantitative estimate of drug-likeness (QED) is 0.787. The monoisotopic (exact) mass is 275 g/mol. The molecule has 0 unspecified atom stereocenters. The summed E-state index contributed by atoms with van der Waals surface area (Å²) in [5.74, 6) is -0.379. The maximum atomic E-state index is 13.7. The average molecular weight is 275 g/mol. The van der Waals surface area contributed by atoms with E-state index in [0.717, 1.165) is 11.8 Å². The summed E-state index contributed by atoms with van der Waals surface area (Å²) < 4.78 is 23.8. The number of aromatic nitrogens is 1. The lowest BCUT2D eigenvalue weighted by Gasteiger charge is -2.07. The lowest BCUT2D eigenvalue weighted by atomic mass is 10.1. The van der Waals surface area contributed by atoms with Crippen LogP contribution in [0.5, 0.6) is 11.6 Å². The molecule has 0 amide bonds. The van der Waals surface area contributed by atoms with Crippen LogP contribution in [0.4, 0.5) is 4.39 Å². The van der Waals surface area contributed by atoms with Gasteiger partial charge in [-0.05, 0) is 25.1 Å². The highest BCUT2D eigenvalue weighted by atomic mass is 19.1. The summed E-state index contributed by atoms with van der Waals surface area (Å²) in [6.45, 7) is 1.55. The predicted molar refractivity (Wildman–Crippen MR) is 71.8 cm³/mol. The minimum absolute atomic E-state index is 0.0292. The van der Waals surface area contributed by atoms with E-state index in [2.05, 4.69) is 4.98 Å². The molecule has 0 aliphatic carbocycles. The molecule has 0 fully saturated rings. The van der Waals surface area contributed by atoms with E-state index in [9.17, 15) is 9.18 Å². The number of carbonyl (C=O) groups excluding carboxylic acids is 1. The Labute approximate surface area is 116 Å². The number of aryl methyl sites for hydroxylation is 1. The normalized spacial score (nSPS) is 10.2. The van der Waals surface area contributed by atoms with E-state index in [4.69, 9.17) is 9.47 Å². The van der Waals surface area contributed by atoms with Gasteiger partial charge in [-0.3, -0.25) is 4.79 Å². The number of carbonyl (C=O) groups is 1. The third-order valence-electron chi connectivity index (χ3n) is 2.69. The lowest BCUT2D eigenvalue weighted by Crippen LogP contribution is -2.14.